The second kappa shape index (κ2) is 9.36. The van der Waals surface area contributed by atoms with Gasteiger partial charge in [0.05, 0.1) is 4.90 Å². The first kappa shape index (κ1) is 23.6. The van der Waals surface area contributed by atoms with Crippen LogP contribution in [0.25, 0.3) is 10.8 Å². The highest BCUT2D eigenvalue weighted by Gasteiger charge is 2.32. The van der Waals surface area contributed by atoms with Gasteiger partial charge in [-0.2, -0.15) is 0 Å². The molecule has 0 spiro atoms. The molecule has 0 saturated carbocycles. The predicted molar refractivity (Wildman–Crippen MR) is 128 cm³/mol. The SMILES string of the molecule is CN(C)S(=O)(=O)c1ccccc1CNC(=O)CCCN1C(=O)c2cccc3cccc(c23)C1=O. The van der Waals surface area contributed by atoms with Crippen LogP contribution >= 0.6 is 0 Å². The zero-order chi connectivity index (χ0) is 24.5. The fourth-order valence-electron chi connectivity index (χ4n) is 4.06. The number of sulfonamides is 1. The van der Waals surface area contributed by atoms with Crippen LogP contribution in [0, 0.1) is 0 Å². The molecule has 8 nitrogen and oxygen atoms in total. The first-order valence-electron chi connectivity index (χ1n) is 10.9. The largest absolute Gasteiger partial charge is 0.352 e. The van der Waals surface area contributed by atoms with Crippen LogP contribution in [0.1, 0.15) is 39.1 Å². The quantitative estimate of drug-likeness (QED) is 0.501. The highest BCUT2D eigenvalue weighted by Crippen LogP contribution is 2.30. The minimum Gasteiger partial charge on any atom is -0.352 e. The van der Waals surface area contributed by atoms with Crippen LogP contribution < -0.4 is 5.32 Å². The predicted octanol–water partition coefficient (Wildman–Crippen LogP) is 2.78. The van der Waals surface area contributed by atoms with E-state index in [1.54, 1.807) is 42.5 Å². The van der Waals surface area contributed by atoms with Crippen molar-refractivity contribution >= 4 is 38.5 Å². The van der Waals surface area contributed by atoms with Crippen molar-refractivity contribution in [1.29, 1.82) is 0 Å². The van der Waals surface area contributed by atoms with E-state index in [1.165, 1.54) is 25.1 Å². The molecule has 34 heavy (non-hydrogen) atoms. The van der Waals surface area contributed by atoms with E-state index in [0.29, 0.717) is 28.5 Å². The second-order valence-electron chi connectivity index (χ2n) is 8.25. The Balaban J connectivity index is 1.38. The summed E-state index contributed by atoms with van der Waals surface area (Å²) < 4.78 is 26.1. The summed E-state index contributed by atoms with van der Waals surface area (Å²) in [6.07, 6.45) is 0.380. The maximum Gasteiger partial charge on any atom is 0.261 e. The van der Waals surface area contributed by atoms with Gasteiger partial charge in [0, 0.05) is 50.1 Å². The van der Waals surface area contributed by atoms with Crippen LogP contribution in [-0.4, -0.2) is 56.0 Å². The number of amides is 3. The molecule has 1 aliphatic heterocycles. The van der Waals surface area contributed by atoms with Crippen molar-refractivity contribution in [2.24, 2.45) is 0 Å². The number of carbonyl (C=O) groups is 3. The summed E-state index contributed by atoms with van der Waals surface area (Å²) in [7, 11) is -0.737. The van der Waals surface area contributed by atoms with E-state index in [2.05, 4.69) is 5.32 Å². The number of carbonyl (C=O) groups excluding carboxylic acids is 3. The van der Waals surface area contributed by atoms with Crippen molar-refractivity contribution in [2.75, 3.05) is 20.6 Å². The van der Waals surface area contributed by atoms with Gasteiger partial charge in [-0.3, -0.25) is 19.3 Å². The molecule has 0 atom stereocenters. The van der Waals surface area contributed by atoms with E-state index in [0.717, 1.165) is 9.69 Å². The van der Waals surface area contributed by atoms with Crippen LogP contribution in [0.15, 0.2) is 65.6 Å². The van der Waals surface area contributed by atoms with Gasteiger partial charge in [0.25, 0.3) is 11.8 Å². The Morgan fingerprint density at radius 1 is 0.912 bits per heavy atom. The fourth-order valence-corrected chi connectivity index (χ4v) is 5.18. The molecule has 3 amide bonds. The molecule has 0 radical (unpaired) electrons. The Kier molecular flexibility index (Phi) is 6.49. The first-order valence-corrected chi connectivity index (χ1v) is 12.3. The summed E-state index contributed by atoms with van der Waals surface area (Å²) in [5.74, 6) is -1.02. The Labute approximate surface area is 198 Å². The first-order chi connectivity index (χ1) is 16.2. The van der Waals surface area contributed by atoms with Gasteiger partial charge in [0.1, 0.15) is 0 Å². The average molecular weight is 480 g/mol. The van der Waals surface area contributed by atoms with Crippen molar-refractivity contribution in [2.45, 2.75) is 24.3 Å². The van der Waals surface area contributed by atoms with Gasteiger partial charge < -0.3 is 5.32 Å². The molecule has 1 aliphatic rings. The number of hydrogen-bond donors (Lipinski definition) is 1. The molecule has 4 rings (SSSR count). The van der Waals surface area contributed by atoms with Gasteiger partial charge in [-0.1, -0.05) is 42.5 Å². The molecule has 0 unspecified atom stereocenters. The van der Waals surface area contributed by atoms with Crippen molar-refractivity contribution < 1.29 is 22.8 Å². The Morgan fingerprint density at radius 3 is 2.15 bits per heavy atom. The number of benzene rings is 3. The van der Waals surface area contributed by atoms with Gasteiger partial charge in [-0.25, -0.2) is 12.7 Å². The third-order valence-electron chi connectivity index (χ3n) is 5.85. The molecule has 0 aliphatic carbocycles. The third kappa shape index (κ3) is 4.32. The highest BCUT2D eigenvalue weighted by atomic mass is 32.2. The standard InChI is InChI=1S/C25H25N3O5S/c1-27(2)34(32,33)21-13-4-3-8-18(21)16-26-22(29)14-7-15-28-24(30)19-11-5-9-17-10-6-12-20(23(17)19)25(28)31/h3-6,8-13H,7,14-16H2,1-2H3,(H,26,29). The molecule has 3 aromatic rings. The van der Waals surface area contributed by atoms with E-state index >= 15 is 0 Å². The van der Waals surface area contributed by atoms with Gasteiger partial charge in [-0.15, -0.1) is 0 Å². The molecule has 1 N–H and O–H groups in total. The van der Waals surface area contributed by atoms with Crippen LogP contribution in [0.3, 0.4) is 0 Å². The number of nitrogens with zero attached hydrogens (tertiary/aromatic N) is 2. The lowest BCUT2D eigenvalue weighted by atomic mass is 9.94. The Hall–Kier alpha value is -3.56. The summed E-state index contributed by atoms with van der Waals surface area (Å²) in [5.41, 5.74) is 1.45. The van der Waals surface area contributed by atoms with Gasteiger partial charge in [0.2, 0.25) is 15.9 Å². The summed E-state index contributed by atoms with van der Waals surface area (Å²) in [6.45, 7) is 0.167. The monoisotopic (exact) mass is 479 g/mol. The molecule has 9 heteroatoms. The van der Waals surface area contributed by atoms with E-state index < -0.39 is 10.0 Å². The normalized spacial score (nSPS) is 13.6. The molecular formula is C25H25N3O5S. The van der Waals surface area contributed by atoms with Crippen molar-refractivity contribution in [1.82, 2.24) is 14.5 Å². The summed E-state index contributed by atoms with van der Waals surface area (Å²) >= 11 is 0. The summed E-state index contributed by atoms with van der Waals surface area (Å²) in [5, 5.41) is 4.24. The van der Waals surface area contributed by atoms with Crippen molar-refractivity contribution in [3.8, 4) is 0 Å². The molecule has 0 bridgehead atoms. The van der Waals surface area contributed by atoms with Crippen LogP contribution in [0.2, 0.25) is 0 Å². The minimum absolute atomic E-state index is 0.0546. The molecule has 1 heterocycles. The lowest BCUT2D eigenvalue weighted by molar-refractivity contribution is -0.121. The van der Waals surface area contributed by atoms with E-state index in [-0.39, 0.29) is 42.1 Å². The fraction of sp³-hybridized carbons (Fsp3) is 0.240. The number of nitrogens with one attached hydrogen (secondary N) is 1. The molecular weight excluding hydrogens is 454 g/mol. The average Bonchev–Trinajstić information content (AvgIpc) is 2.83. The zero-order valence-corrected chi connectivity index (χ0v) is 19.8. The zero-order valence-electron chi connectivity index (χ0n) is 18.9. The number of imide groups is 1. The molecule has 0 saturated heterocycles. The van der Waals surface area contributed by atoms with Crippen LogP contribution in [0.5, 0.6) is 0 Å². The Bertz CT molecular complexity index is 1350. The summed E-state index contributed by atoms with van der Waals surface area (Å²) in [4.78, 5) is 39.6. The van der Waals surface area contributed by atoms with Crippen LogP contribution in [0.4, 0.5) is 0 Å². The van der Waals surface area contributed by atoms with E-state index in [4.69, 9.17) is 0 Å². The molecule has 176 valence electrons. The third-order valence-corrected chi connectivity index (χ3v) is 7.76. The van der Waals surface area contributed by atoms with Gasteiger partial charge >= 0.3 is 0 Å². The van der Waals surface area contributed by atoms with Crippen molar-refractivity contribution in [3.05, 3.63) is 77.4 Å². The molecule has 0 aromatic heterocycles. The van der Waals surface area contributed by atoms with E-state index in [9.17, 15) is 22.8 Å². The topological polar surface area (TPSA) is 104 Å². The van der Waals surface area contributed by atoms with E-state index in [1.807, 2.05) is 12.1 Å². The number of hydrogen-bond acceptors (Lipinski definition) is 5. The van der Waals surface area contributed by atoms with Gasteiger partial charge in [-0.05, 0) is 35.6 Å². The lowest BCUT2D eigenvalue weighted by Gasteiger charge is -2.27. The number of rotatable bonds is 8. The highest BCUT2D eigenvalue weighted by molar-refractivity contribution is 7.89. The minimum atomic E-state index is -3.64. The smallest absolute Gasteiger partial charge is 0.261 e. The van der Waals surface area contributed by atoms with Crippen molar-refractivity contribution in [3.63, 3.8) is 0 Å². The Morgan fingerprint density at radius 2 is 1.53 bits per heavy atom. The maximum absolute atomic E-state index is 12.9. The maximum atomic E-state index is 12.9. The molecule has 3 aromatic carbocycles. The van der Waals surface area contributed by atoms with Crippen LogP contribution in [-0.2, 0) is 21.4 Å². The molecule has 0 fully saturated rings. The summed E-state index contributed by atoms with van der Waals surface area (Å²) in [6, 6.07) is 17.2. The lowest BCUT2D eigenvalue weighted by Crippen LogP contribution is -2.41. The van der Waals surface area contributed by atoms with Gasteiger partial charge in [0.15, 0.2) is 0 Å². The second-order valence-corrected chi connectivity index (χ2v) is 10.4.